The van der Waals surface area contributed by atoms with Crippen LogP contribution in [0.4, 0.5) is 0 Å². The molecule has 0 aromatic carbocycles. The molecule has 0 radical (unpaired) electrons. The molecule has 3 aliphatic heterocycles. The van der Waals surface area contributed by atoms with Crippen LogP contribution in [0.25, 0.3) is 0 Å². The molecule has 1 amide bonds. The predicted molar refractivity (Wildman–Crippen MR) is 90.9 cm³/mol. The molecule has 4 rings (SSSR count). The second-order valence-electron chi connectivity index (χ2n) is 7.03. The Morgan fingerprint density at radius 2 is 2.21 bits per heavy atom. The molecule has 132 valence electrons. The largest absolute Gasteiger partial charge is 0.378 e. The lowest BCUT2D eigenvalue weighted by Crippen LogP contribution is -2.59. The summed E-state index contributed by atoms with van der Waals surface area (Å²) in [5.41, 5.74) is 2.65. The van der Waals surface area contributed by atoms with Crippen LogP contribution in [0.3, 0.4) is 0 Å². The van der Waals surface area contributed by atoms with Gasteiger partial charge in [0, 0.05) is 44.2 Å². The molecule has 1 aromatic heterocycles. The molecule has 0 spiro atoms. The number of likely N-dealkylation sites (tertiary alicyclic amines) is 1. The van der Waals surface area contributed by atoms with Crippen molar-refractivity contribution < 1.29 is 14.3 Å². The number of hydrogen-bond donors (Lipinski definition) is 0. The van der Waals surface area contributed by atoms with Gasteiger partial charge in [0.2, 0.25) is 5.91 Å². The first-order valence-electron chi connectivity index (χ1n) is 8.79. The zero-order valence-corrected chi connectivity index (χ0v) is 15.0. The maximum absolute atomic E-state index is 13.3. The minimum absolute atomic E-state index is 0.0756. The number of ether oxygens (including phenoxy) is 2. The zero-order chi connectivity index (χ0) is 16.6. The van der Waals surface area contributed by atoms with Gasteiger partial charge in [-0.2, -0.15) is 0 Å². The Morgan fingerprint density at radius 3 is 2.96 bits per heavy atom. The van der Waals surface area contributed by atoms with Crippen molar-refractivity contribution >= 4 is 17.2 Å². The van der Waals surface area contributed by atoms with Crippen molar-refractivity contribution in [3.63, 3.8) is 0 Å². The molecular weight excluding hydrogens is 326 g/mol. The summed E-state index contributed by atoms with van der Waals surface area (Å²) >= 11 is 1.71. The Hall–Kier alpha value is -1.02. The Morgan fingerprint density at radius 1 is 1.38 bits per heavy atom. The van der Waals surface area contributed by atoms with E-state index in [9.17, 15) is 4.79 Å². The van der Waals surface area contributed by atoms with Crippen LogP contribution >= 0.6 is 11.3 Å². The van der Waals surface area contributed by atoms with E-state index in [1.165, 1.54) is 4.88 Å². The number of aryl methyl sites for hydroxylation is 1. The SMILES string of the molecule is Cc1ncsc1CN1CC[C@H]2OCC[C@@]2(C(=O)N2CCOCC2)C1. The second-order valence-corrected chi connectivity index (χ2v) is 7.97. The molecule has 3 fully saturated rings. The third kappa shape index (κ3) is 2.87. The van der Waals surface area contributed by atoms with E-state index in [4.69, 9.17) is 9.47 Å². The van der Waals surface area contributed by atoms with Crippen LogP contribution in [0, 0.1) is 12.3 Å². The summed E-state index contributed by atoms with van der Waals surface area (Å²) in [5.74, 6) is 0.277. The predicted octanol–water partition coefficient (Wildman–Crippen LogP) is 1.29. The summed E-state index contributed by atoms with van der Waals surface area (Å²) < 4.78 is 11.4. The van der Waals surface area contributed by atoms with Gasteiger partial charge in [-0.3, -0.25) is 9.69 Å². The van der Waals surface area contributed by atoms with E-state index in [0.29, 0.717) is 32.9 Å². The summed E-state index contributed by atoms with van der Waals surface area (Å²) in [6.07, 6.45) is 1.85. The van der Waals surface area contributed by atoms with Gasteiger partial charge in [0.25, 0.3) is 0 Å². The van der Waals surface area contributed by atoms with Crippen LogP contribution in [-0.2, 0) is 20.8 Å². The summed E-state index contributed by atoms with van der Waals surface area (Å²) in [4.78, 5) is 23.4. The number of carbonyl (C=O) groups excluding carboxylic acids is 1. The van der Waals surface area contributed by atoms with E-state index < -0.39 is 0 Å². The first-order chi connectivity index (χ1) is 11.7. The number of piperidine rings is 1. The monoisotopic (exact) mass is 351 g/mol. The fourth-order valence-corrected chi connectivity index (χ4v) is 5.05. The van der Waals surface area contributed by atoms with E-state index in [0.717, 1.165) is 38.2 Å². The smallest absolute Gasteiger partial charge is 0.232 e. The van der Waals surface area contributed by atoms with E-state index in [1.54, 1.807) is 11.3 Å². The average Bonchev–Trinajstić information content (AvgIpc) is 3.22. The normalized spacial score (nSPS) is 31.2. The Balaban J connectivity index is 1.52. The minimum Gasteiger partial charge on any atom is -0.378 e. The van der Waals surface area contributed by atoms with Crippen molar-refractivity contribution in [1.82, 2.24) is 14.8 Å². The molecule has 4 heterocycles. The van der Waals surface area contributed by atoms with Crippen molar-refractivity contribution in [1.29, 1.82) is 0 Å². The molecule has 0 bridgehead atoms. The van der Waals surface area contributed by atoms with Crippen LogP contribution in [0.1, 0.15) is 23.4 Å². The molecule has 3 saturated heterocycles. The lowest BCUT2D eigenvalue weighted by Gasteiger charge is -2.45. The summed E-state index contributed by atoms with van der Waals surface area (Å²) in [6, 6.07) is 0. The van der Waals surface area contributed by atoms with Crippen molar-refractivity contribution in [3.8, 4) is 0 Å². The first-order valence-corrected chi connectivity index (χ1v) is 9.67. The van der Waals surface area contributed by atoms with Crippen molar-refractivity contribution in [2.24, 2.45) is 5.41 Å². The lowest BCUT2D eigenvalue weighted by atomic mass is 9.75. The average molecular weight is 351 g/mol. The number of rotatable bonds is 3. The number of aromatic nitrogens is 1. The number of amides is 1. The topological polar surface area (TPSA) is 54.9 Å². The molecule has 0 saturated carbocycles. The fraction of sp³-hybridized carbons (Fsp3) is 0.765. The van der Waals surface area contributed by atoms with Gasteiger partial charge in [0.15, 0.2) is 0 Å². The van der Waals surface area contributed by atoms with E-state index in [1.807, 2.05) is 10.4 Å². The van der Waals surface area contributed by atoms with E-state index in [2.05, 4.69) is 16.8 Å². The quantitative estimate of drug-likeness (QED) is 0.821. The van der Waals surface area contributed by atoms with E-state index >= 15 is 0 Å². The zero-order valence-electron chi connectivity index (χ0n) is 14.2. The first kappa shape index (κ1) is 16.4. The van der Waals surface area contributed by atoms with Crippen LogP contribution < -0.4 is 0 Å². The fourth-order valence-electron chi connectivity index (χ4n) is 4.23. The number of morpholine rings is 1. The lowest BCUT2D eigenvalue weighted by molar-refractivity contribution is -0.154. The maximum Gasteiger partial charge on any atom is 0.232 e. The highest BCUT2D eigenvalue weighted by Gasteiger charge is 2.54. The standard InChI is InChI=1S/C17H25N3O3S/c1-13-14(24-12-18-13)10-19-4-2-15-17(11-19,3-7-23-15)16(21)20-5-8-22-9-6-20/h12,15H,2-11H2,1H3/t15-,17-/m1/s1. The molecule has 2 atom stereocenters. The Kier molecular flexibility index (Phi) is 4.60. The highest BCUT2D eigenvalue weighted by atomic mass is 32.1. The molecular formula is C17H25N3O3S. The van der Waals surface area contributed by atoms with Crippen LogP contribution in [0.15, 0.2) is 5.51 Å². The third-order valence-corrected chi connectivity index (χ3v) is 6.55. The Labute approximate surface area is 146 Å². The van der Waals surface area contributed by atoms with Crippen LogP contribution in [0.2, 0.25) is 0 Å². The summed E-state index contributed by atoms with van der Waals surface area (Å²) in [6.45, 7) is 8.16. The van der Waals surface area contributed by atoms with Gasteiger partial charge in [-0.1, -0.05) is 0 Å². The van der Waals surface area contributed by atoms with Crippen molar-refractivity contribution in [2.75, 3.05) is 46.0 Å². The third-order valence-electron chi connectivity index (χ3n) is 5.63. The maximum atomic E-state index is 13.3. The van der Waals surface area contributed by atoms with Gasteiger partial charge in [0.1, 0.15) is 0 Å². The van der Waals surface area contributed by atoms with E-state index in [-0.39, 0.29) is 17.4 Å². The summed E-state index contributed by atoms with van der Waals surface area (Å²) in [5, 5.41) is 0. The molecule has 24 heavy (non-hydrogen) atoms. The molecule has 0 unspecified atom stereocenters. The van der Waals surface area contributed by atoms with Crippen molar-refractivity contribution in [2.45, 2.75) is 32.4 Å². The van der Waals surface area contributed by atoms with Crippen molar-refractivity contribution in [3.05, 3.63) is 16.1 Å². The summed E-state index contributed by atoms with van der Waals surface area (Å²) in [7, 11) is 0. The number of hydrogen-bond acceptors (Lipinski definition) is 6. The van der Waals surface area contributed by atoms with Gasteiger partial charge in [0.05, 0.1) is 35.9 Å². The highest BCUT2D eigenvalue weighted by Crippen LogP contribution is 2.43. The van der Waals surface area contributed by atoms with Gasteiger partial charge in [-0.25, -0.2) is 4.98 Å². The number of carbonyl (C=O) groups is 1. The molecule has 6 nitrogen and oxygen atoms in total. The van der Waals surface area contributed by atoms with Gasteiger partial charge < -0.3 is 14.4 Å². The van der Waals surface area contributed by atoms with Crippen LogP contribution in [-0.4, -0.2) is 72.8 Å². The van der Waals surface area contributed by atoms with Crippen LogP contribution in [0.5, 0.6) is 0 Å². The minimum atomic E-state index is -0.367. The second kappa shape index (κ2) is 6.71. The molecule has 7 heteroatoms. The molecule has 1 aromatic rings. The Bertz CT molecular complexity index is 602. The van der Waals surface area contributed by atoms with Gasteiger partial charge in [-0.15, -0.1) is 11.3 Å². The molecule has 3 aliphatic rings. The number of thiazole rings is 1. The molecule has 0 N–H and O–H groups in total. The number of nitrogens with zero attached hydrogens (tertiary/aromatic N) is 3. The van der Waals surface area contributed by atoms with Gasteiger partial charge >= 0.3 is 0 Å². The number of fused-ring (bicyclic) bond motifs is 1. The van der Waals surface area contributed by atoms with Gasteiger partial charge in [-0.05, 0) is 19.8 Å². The highest BCUT2D eigenvalue weighted by molar-refractivity contribution is 7.09. The molecule has 0 aliphatic carbocycles.